The zero-order valence-electron chi connectivity index (χ0n) is 22.4. The zero-order valence-corrected chi connectivity index (χ0v) is 23.2. The van der Waals surface area contributed by atoms with E-state index in [2.05, 4.69) is 15.2 Å². The number of carbonyl (C=O) groups excluding carboxylic acids is 1. The van der Waals surface area contributed by atoms with Crippen LogP contribution in [0.2, 0.25) is 0 Å². The maximum Gasteiger partial charge on any atom is 0.328 e. The highest BCUT2D eigenvalue weighted by atomic mass is 32.2. The van der Waals surface area contributed by atoms with E-state index in [0.717, 1.165) is 23.7 Å². The molecule has 208 valence electrons. The molecule has 1 atom stereocenters. The summed E-state index contributed by atoms with van der Waals surface area (Å²) in [6.07, 6.45) is 1.56. The van der Waals surface area contributed by atoms with E-state index in [9.17, 15) is 22.0 Å². The lowest BCUT2D eigenvalue weighted by atomic mass is 9.89. The topological polar surface area (TPSA) is 91.4 Å². The van der Waals surface area contributed by atoms with Gasteiger partial charge in [0.2, 0.25) is 0 Å². The van der Waals surface area contributed by atoms with Gasteiger partial charge in [-0.3, -0.25) is 4.98 Å². The van der Waals surface area contributed by atoms with Crippen molar-refractivity contribution in [2.24, 2.45) is 0 Å². The minimum absolute atomic E-state index is 0.0290. The van der Waals surface area contributed by atoms with E-state index in [0.29, 0.717) is 16.8 Å². The van der Waals surface area contributed by atoms with Crippen molar-refractivity contribution in [3.05, 3.63) is 119 Å². The molecule has 0 bridgehead atoms. The number of aryl methyl sites for hydroxylation is 1. The molecule has 40 heavy (non-hydrogen) atoms. The molecule has 0 saturated carbocycles. The van der Waals surface area contributed by atoms with Crippen molar-refractivity contribution in [2.75, 3.05) is 20.6 Å². The van der Waals surface area contributed by atoms with Crippen LogP contribution in [0.5, 0.6) is 0 Å². The second-order valence-electron chi connectivity index (χ2n) is 9.71. The van der Waals surface area contributed by atoms with Crippen LogP contribution in [0.25, 0.3) is 11.1 Å². The molecule has 7 nitrogen and oxygen atoms in total. The lowest BCUT2D eigenvalue weighted by molar-refractivity contribution is 0.245. The minimum atomic E-state index is -4.15. The Labute approximate surface area is 232 Å². The molecule has 4 rings (SSSR count). The zero-order chi connectivity index (χ0) is 28.9. The minimum Gasteiger partial charge on any atom is -0.336 e. The molecule has 1 heterocycles. The maximum atomic E-state index is 14.3. The number of nitrogens with one attached hydrogen (secondary N) is 2. The van der Waals surface area contributed by atoms with Crippen molar-refractivity contribution >= 4 is 16.1 Å². The Morgan fingerprint density at radius 2 is 1.62 bits per heavy atom. The molecule has 1 unspecified atom stereocenters. The van der Waals surface area contributed by atoms with Gasteiger partial charge in [0, 0.05) is 36.8 Å². The van der Waals surface area contributed by atoms with Crippen LogP contribution in [0.3, 0.4) is 0 Å². The molecule has 1 aromatic heterocycles. The lowest BCUT2D eigenvalue weighted by Crippen LogP contribution is -2.41. The van der Waals surface area contributed by atoms with Gasteiger partial charge in [0.1, 0.15) is 11.6 Å². The molecule has 4 aromatic rings. The smallest absolute Gasteiger partial charge is 0.328 e. The molecule has 0 aliphatic heterocycles. The van der Waals surface area contributed by atoms with Crippen molar-refractivity contribution in [1.82, 2.24) is 19.9 Å². The van der Waals surface area contributed by atoms with Crippen LogP contribution >= 0.6 is 0 Å². The average Bonchev–Trinajstić information content (AvgIpc) is 2.88. The molecular formula is C30H30F2N4O3S. The van der Waals surface area contributed by atoms with Gasteiger partial charge in [0.05, 0.1) is 10.6 Å². The summed E-state index contributed by atoms with van der Waals surface area (Å²) >= 11 is 0. The van der Waals surface area contributed by atoms with Crippen molar-refractivity contribution in [3.8, 4) is 11.1 Å². The number of amides is 2. The largest absolute Gasteiger partial charge is 0.336 e. The summed E-state index contributed by atoms with van der Waals surface area (Å²) in [6, 6.07) is 19.9. The Morgan fingerprint density at radius 3 is 2.27 bits per heavy atom. The van der Waals surface area contributed by atoms with Crippen LogP contribution in [-0.4, -0.2) is 45.0 Å². The predicted molar refractivity (Wildman–Crippen MR) is 150 cm³/mol. The van der Waals surface area contributed by atoms with E-state index in [4.69, 9.17) is 0 Å². The highest BCUT2D eigenvalue weighted by Crippen LogP contribution is 2.32. The monoisotopic (exact) mass is 564 g/mol. The Morgan fingerprint density at radius 1 is 0.950 bits per heavy atom. The van der Waals surface area contributed by atoms with E-state index in [1.165, 1.54) is 18.2 Å². The first kappa shape index (κ1) is 28.8. The number of hydrogen-bond acceptors (Lipinski definition) is 5. The molecule has 0 aliphatic carbocycles. The Kier molecular flexibility index (Phi) is 8.91. The molecule has 3 aromatic carbocycles. The third kappa shape index (κ3) is 7.08. The molecule has 0 radical (unpaired) electrons. The van der Waals surface area contributed by atoms with Gasteiger partial charge in [0.25, 0.3) is 10.0 Å². The summed E-state index contributed by atoms with van der Waals surface area (Å²) in [5.41, 5.74) is 3.84. The number of carbonyl (C=O) groups is 1. The summed E-state index contributed by atoms with van der Waals surface area (Å²) in [5.74, 6) is -2.36. The summed E-state index contributed by atoms with van der Waals surface area (Å²) in [6.45, 7) is 2.20. The first-order chi connectivity index (χ1) is 19.0. The van der Waals surface area contributed by atoms with Crippen molar-refractivity contribution < 1.29 is 22.0 Å². The van der Waals surface area contributed by atoms with E-state index >= 15 is 0 Å². The van der Waals surface area contributed by atoms with E-state index in [-0.39, 0.29) is 17.0 Å². The van der Waals surface area contributed by atoms with Crippen molar-refractivity contribution in [2.45, 2.75) is 24.3 Å². The summed E-state index contributed by atoms with van der Waals surface area (Å²) in [5, 5.41) is 2.55. The van der Waals surface area contributed by atoms with Crippen molar-refractivity contribution in [3.63, 3.8) is 0 Å². The summed E-state index contributed by atoms with van der Waals surface area (Å²) in [4.78, 5) is 19.3. The summed E-state index contributed by atoms with van der Waals surface area (Å²) in [7, 11) is -0.191. The second-order valence-corrected chi connectivity index (χ2v) is 11.4. The molecule has 2 amide bonds. The molecule has 2 N–H and O–H groups in total. The van der Waals surface area contributed by atoms with Crippen LogP contribution in [0.15, 0.2) is 90.0 Å². The third-order valence-corrected chi connectivity index (χ3v) is 7.79. The normalized spacial score (nSPS) is 12.2. The Balaban J connectivity index is 1.66. The third-order valence-electron chi connectivity index (χ3n) is 6.30. The Hall–Kier alpha value is -4.15. The van der Waals surface area contributed by atoms with Crippen LogP contribution in [-0.2, 0) is 16.6 Å². The van der Waals surface area contributed by atoms with Gasteiger partial charge in [0.15, 0.2) is 0 Å². The number of pyridine rings is 1. The van der Waals surface area contributed by atoms with Crippen LogP contribution < -0.4 is 10.0 Å². The average molecular weight is 565 g/mol. The van der Waals surface area contributed by atoms with Gasteiger partial charge < -0.3 is 10.2 Å². The fourth-order valence-corrected chi connectivity index (χ4v) is 5.68. The highest BCUT2D eigenvalue weighted by molar-refractivity contribution is 7.90. The summed E-state index contributed by atoms with van der Waals surface area (Å²) < 4.78 is 56.1. The van der Waals surface area contributed by atoms with Gasteiger partial charge in [-0.1, -0.05) is 48.5 Å². The molecular weight excluding hydrogens is 534 g/mol. The van der Waals surface area contributed by atoms with Gasteiger partial charge >= 0.3 is 6.03 Å². The molecule has 10 heteroatoms. The molecule has 0 saturated heterocycles. The van der Waals surface area contributed by atoms with Gasteiger partial charge in [-0.15, -0.1) is 0 Å². The molecule has 0 fully saturated rings. The number of rotatable bonds is 9. The number of hydrogen-bond donors (Lipinski definition) is 2. The first-order valence-electron chi connectivity index (χ1n) is 12.5. The fourth-order valence-electron chi connectivity index (χ4n) is 4.51. The lowest BCUT2D eigenvalue weighted by Gasteiger charge is -2.21. The van der Waals surface area contributed by atoms with Crippen LogP contribution in [0.1, 0.15) is 28.3 Å². The fraction of sp³-hybridized carbons (Fsp3) is 0.200. The molecule has 0 spiro atoms. The first-order valence-corrected chi connectivity index (χ1v) is 14.0. The van der Waals surface area contributed by atoms with Crippen molar-refractivity contribution in [1.29, 1.82) is 0 Å². The number of sulfonamides is 1. The van der Waals surface area contributed by atoms with E-state index in [1.807, 2.05) is 49.1 Å². The quantitative estimate of drug-likeness (QED) is 0.291. The standard InChI is InChI=1S/C30H30F2N4O3S/c1-20-7-4-5-9-28(20)40(38,39)35-30(37)34-18-27(23-15-24(31)17-25(32)16-23)29-26(8-6-14-33-29)22-12-10-21(11-13-22)19-36(2)3/h4-17,27H,18-19H2,1-3H3,(H2,34,35,37). The SMILES string of the molecule is Cc1ccccc1S(=O)(=O)NC(=O)NCC(c1cc(F)cc(F)c1)c1ncccc1-c1ccc(CN(C)C)cc1. The number of aromatic nitrogens is 1. The van der Waals surface area contributed by atoms with E-state index < -0.39 is 33.6 Å². The number of urea groups is 1. The number of nitrogens with zero attached hydrogens (tertiary/aromatic N) is 2. The Bertz CT molecular complexity index is 1590. The second kappa shape index (κ2) is 12.4. The van der Waals surface area contributed by atoms with Gasteiger partial charge in [-0.25, -0.2) is 26.7 Å². The van der Waals surface area contributed by atoms with Crippen LogP contribution in [0, 0.1) is 18.6 Å². The van der Waals surface area contributed by atoms with Crippen LogP contribution in [0.4, 0.5) is 13.6 Å². The molecule has 0 aliphatic rings. The maximum absolute atomic E-state index is 14.3. The predicted octanol–water partition coefficient (Wildman–Crippen LogP) is 5.22. The van der Waals surface area contributed by atoms with E-state index in [1.54, 1.807) is 37.4 Å². The van der Waals surface area contributed by atoms with Gasteiger partial charge in [-0.2, -0.15) is 0 Å². The number of benzene rings is 3. The number of halogens is 2. The highest BCUT2D eigenvalue weighted by Gasteiger charge is 2.24. The van der Waals surface area contributed by atoms with Gasteiger partial charge in [-0.05, 0) is 67.5 Å².